The van der Waals surface area contributed by atoms with Gasteiger partial charge in [0.25, 0.3) is 0 Å². The summed E-state index contributed by atoms with van der Waals surface area (Å²) in [6.45, 7) is 0.993. The lowest BCUT2D eigenvalue weighted by Gasteiger charge is -2.19. The lowest BCUT2D eigenvalue weighted by molar-refractivity contribution is -0.134. The summed E-state index contributed by atoms with van der Waals surface area (Å²) < 4.78 is 2.88. The van der Waals surface area contributed by atoms with Crippen molar-refractivity contribution in [1.29, 1.82) is 0 Å². The van der Waals surface area contributed by atoms with Crippen LogP contribution in [0.25, 0.3) is 5.65 Å². The normalized spacial score (nSPS) is 14.8. The summed E-state index contributed by atoms with van der Waals surface area (Å²) in [4.78, 5) is 38.5. The van der Waals surface area contributed by atoms with Crippen molar-refractivity contribution in [3.05, 3.63) is 64.7 Å². The van der Waals surface area contributed by atoms with Crippen LogP contribution in [-0.4, -0.2) is 44.0 Å². The van der Waals surface area contributed by atoms with Crippen LogP contribution >= 0.6 is 0 Å². The smallest absolute Gasteiger partial charge is 0.333 e. The molecule has 0 unspecified atom stereocenters. The minimum atomic E-state index is -0.220. The number of pyridine rings is 1. The number of fused-ring (bicyclic) bond motifs is 1. The number of carbonyl (C=O) groups is 2. The molecule has 3 heterocycles. The summed E-state index contributed by atoms with van der Waals surface area (Å²) in [5.74, 6) is -0.181. The molecule has 2 aromatic heterocycles. The molecule has 1 aromatic carbocycles. The van der Waals surface area contributed by atoms with Crippen LogP contribution in [0.2, 0.25) is 0 Å². The molecule has 0 saturated carbocycles. The van der Waals surface area contributed by atoms with Gasteiger partial charge in [-0.2, -0.15) is 0 Å². The Balaban J connectivity index is 1.44. The Morgan fingerprint density at radius 2 is 1.97 bits per heavy atom. The molecule has 8 heteroatoms. The molecule has 3 aromatic rings. The molecule has 150 valence electrons. The van der Waals surface area contributed by atoms with E-state index in [1.54, 1.807) is 29.3 Å². The van der Waals surface area contributed by atoms with Gasteiger partial charge in [0.1, 0.15) is 0 Å². The molecular formula is C21H23N5O3. The molecule has 0 atom stereocenters. The average molecular weight is 393 g/mol. The zero-order chi connectivity index (χ0) is 20.2. The highest BCUT2D eigenvalue weighted by Gasteiger charge is 2.19. The number of anilines is 1. The van der Waals surface area contributed by atoms with E-state index in [2.05, 4.69) is 10.4 Å². The molecule has 0 radical (unpaired) electrons. The number of nitrogens with one attached hydrogen (secondary N) is 1. The van der Waals surface area contributed by atoms with Gasteiger partial charge >= 0.3 is 5.69 Å². The first-order valence-corrected chi connectivity index (χ1v) is 9.81. The Morgan fingerprint density at radius 1 is 1.07 bits per heavy atom. The van der Waals surface area contributed by atoms with Crippen molar-refractivity contribution in [2.24, 2.45) is 0 Å². The third-order valence-corrected chi connectivity index (χ3v) is 5.04. The Kier molecular flexibility index (Phi) is 5.41. The quantitative estimate of drug-likeness (QED) is 0.717. The van der Waals surface area contributed by atoms with Gasteiger partial charge in [-0.15, -0.1) is 5.10 Å². The van der Waals surface area contributed by atoms with Gasteiger partial charge in [-0.25, -0.2) is 9.48 Å². The average Bonchev–Trinajstić information content (AvgIpc) is 2.88. The van der Waals surface area contributed by atoms with Crippen LogP contribution in [0.3, 0.4) is 0 Å². The number of benzene rings is 1. The van der Waals surface area contributed by atoms with E-state index in [9.17, 15) is 14.4 Å². The van der Waals surface area contributed by atoms with Crippen molar-refractivity contribution in [3.8, 4) is 0 Å². The molecule has 0 aliphatic carbocycles. The zero-order valence-electron chi connectivity index (χ0n) is 16.1. The zero-order valence-corrected chi connectivity index (χ0v) is 16.1. The highest BCUT2D eigenvalue weighted by Crippen LogP contribution is 2.14. The van der Waals surface area contributed by atoms with Gasteiger partial charge in [0.2, 0.25) is 11.8 Å². The molecule has 1 aliphatic rings. The van der Waals surface area contributed by atoms with Crippen molar-refractivity contribution < 1.29 is 9.59 Å². The van der Waals surface area contributed by atoms with Crippen LogP contribution < -0.4 is 11.0 Å². The van der Waals surface area contributed by atoms with Crippen molar-refractivity contribution in [2.75, 3.05) is 18.4 Å². The standard InChI is InChI=1S/C21H23N5O3/c27-19(15-24-11-4-1-2-10-20(24)28)22-17-8-6-7-16(13-17)14-26-21(29)25-12-5-3-9-18(25)23-26/h3,5-9,12-13H,1-2,4,10-11,14-15H2,(H,22,27). The van der Waals surface area contributed by atoms with E-state index in [0.29, 0.717) is 30.8 Å². The highest BCUT2D eigenvalue weighted by molar-refractivity contribution is 5.94. The largest absolute Gasteiger partial charge is 0.350 e. The fourth-order valence-electron chi connectivity index (χ4n) is 3.57. The van der Waals surface area contributed by atoms with E-state index in [0.717, 1.165) is 24.8 Å². The summed E-state index contributed by atoms with van der Waals surface area (Å²) in [6, 6.07) is 12.7. The van der Waals surface area contributed by atoms with Crippen molar-refractivity contribution in [1.82, 2.24) is 19.1 Å². The lowest BCUT2D eigenvalue weighted by Crippen LogP contribution is -2.37. The number of hydrogen-bond acceptors (Lipinski definition) is 4. The number of hydrogen-bond donors (Lipinski definition) is 1. The molecule has 29 heavy (non-hydrogen) atoms. The van der Waals surface area contributed by atoms with Crippen LogP contribution in [-0.2, 0) is 16.1 Å². The van der Waals surface area contributed by atoms with E-state index >= 15 is 0 Å². The van der Waals surface area contributed by atoms with Gasteiger partial charge in [-0.05, 0) is 42.7 Å². The van der Waals surface area contributed by atoms with Crippen LogP contribution in [0.5, 0.6) is 0 Å². The molecular weight excluding hydrogens is 370 g/mol. The first-order chi connectivity index (χ1) is 14.1. The maximum absolute atomic E-state index is 12.4. The maximum Gasteiger partial charge on any atom is 0.350 e. The highest BCUT2D eigenvalue weighted by atomic mass is 16.2. The monoisotopic (exact) mass is 393 g/mol. The number of nitrogens with zero attached hydrogens (tertiary/aromatic N) is 4. The SMILES string of the molecule is O=C(CN1CCCCCC1=O)Nc1cccc(Cn2nc3ccccn3c2=O)c1. The molecule has 0 bridgehead atoms. The van der Waals surface area contributed by atoms with Crippen molar-refractivity contribution >= 4 is 23.1 Å². The van der Waals surface area contributed by atoms with Gasteiger partial charge in [0.15, 0.2) is 5.65 Å². The second-order valence-electron chi connectivity index (χ2n) is 7.24. The van der Waals surface area contributed by atoms with E-state index in [4.69, 9.17) is 0 Å². The number of likely N-dealkylation sites (tertiary alicyclic amines) is 1. The van der Waals surface area contributed by atoms with E-state index in [1.165, 1.54) is 9.08 Å². The Hall–Kier alpha value is -3.42. The number of amides is 2. The molecule has 1 fully saturated rings. The minimum absolute atomic E-state index is 0.0395. The molecule has 1 saturated heterocycles. The summed E-state index contributed by atoms with van der Waals surface area (Å²) in [5.41, 5.74) is 1.85. The summed E-state index contributed by atoms with van der Waals surface area (Å²) >= 11 is 0. The van der Waals surface area contributed by atoms with Gasteiger partial charge in [-0.1, -0.05) is 24.6 Å². The molecule has 4 rings (SSSR count). The fraction of sp³-hybridized carbons (Fsp3) is 0.333. The first-order valence-electron chi connectivity index (χ1n) is 9.81. The van der Waals surface area contributed by atoms with E-state index < -0.39 is 0 Å². The second-order valence-corrected chi connectivity index (χ2v) is 7.24. The molecule has 1 aliphatic heterocycles. The fourth-order valence-corrected chi connectivity index (χ4v) is 3.57. The third kappa shape index (κ3) is 4.37. The Bertz CT molecular complexity index is 1100. The van der Waals surface area contributed by atoms with Gasteiger partial charge < -0.3 is 10.2 Å². The predicted octanol–water partition coefficient (Wildman–Crippen LogP) is 1.89. The van der Waals surface area contributed by atoms with Gasteiger partial charge in [0, 0.05) is 24.8 Å². The van der Waals surface area contributed by atoms with Crippen LogP contribution in [0.1, 0.15) is 31.2 Å². The lowest BCUT2D eigenvalue weighted by atomic mass is 10.2. The third-order valence-electron chi connectivity index (χ3n) is 5.04. The number of carbonyl (C=O) groups excluding carboxylic acids is 2. The predicted molar refractivity (Wildman–Crippen MR) is 109 cm³/mol. The van der Waals surface area contributed by atoms with E-state index in [-0.39, 0.29) is 24.0 Å². The van der Waals surface area contributed by atoms with E-state index in [1.807, 2.05) is 24.3 Å². The topological polar surface area (TPSA) is 88.7 Å². The summed E-state index contributed by atoms with van der Waals surface area (Å²) in [5, 5.41) is 7.18. The summed E-state index contributed by atoms with van der Waals surface area (Å²) in [7, 11) is 0. The van der Waals surface area contributed by atoms with Crippen LogP contribution in [0.15, 0.2) is 53.5 Å². The molecule has 2 amide bonds. The molecule has 1 N–H and O–H groups in total. The maximum atomic E-state index is 12.4. The summed E-state index contributed by atoms with van der Waals surface area (Å²) in [6.07, 6.45) is 5.04. The van der Waals surface area contributed by atoms with Crippen LogP contribution in [0.4, 0.5) is 5.69 Å². The second kappa shape index (κ2) is 8.30. The van der Waals surface area contributed by atoms with Crippen molar-refractivity contribution in [3.63, 3.8) is 0 Å². The van der Waals surface area contributed by atoms with Gasteiger partial charge in [-0.3, -0.25) is 14.0 Å². The Morgan fingerprint density at radius 3 is 2.83 bits per heavy atom. The minimum Gasteiger partial charge on any atom is -0.333 e. The number of rotatable bonds is 5. The first kappa shape index (κ1) is 18.9. The van der Waals surface area contributed by atoms with Crippen LogP contribution in [0, 0.1) is 0 Å². The molecule has 0 spiro atoms. The Labute approximate surface area is 167 Å². The molecule has 8 nitrogen and oxygen atoms in total. The van der Waals surface area contributed by atoms with Gasteiger partial charge in [0.05, 0.1) is 13.1 Å². The van der Waals surface area contributed by atoms with Crippen molar-refractivity contribution in [2.45, 2.75) is 32.2 Å². The number of aromatic nitrogens is 3.